The number of thioether (sulfide) groups is 1. The van der Waals surface area contributed by atoms with Gasteiger partial charge in [-0.05, 0) is 25.0 Å². The standard InChI is InChI=1S/C16H20N2OS2/c19-15(17-12-6-2-1-3-7-12)10-20-11-16-18-13-8-4-5-9-14(13)21-16/h4-5,8-9,12H,1-3,6-7,10-11H2,(H,17,19). The van der Waals surface area contributed by atoms with Gasteiger partial charge in [0.15, 0.2) is 0 Å². The third-order valence-electron chi connectivity index (χ3n) is 3.77. The van der Waals surface area contributed by atoms with Crippen LogP contribution in [0, 0.1) is 0 Å². The van der Waals surface area contributed by atoms with Crippen molar-refractivity contribution in [3.05, 3.63) is 29.3 Å². The van der Waals surface area contributed by atoms with Crippen molar-refractivity contribution >= 4 is 39.2 Å². The number of carbonyl (C=O) groups excluding carboxylic acids is 1. The molecule has 1 fully saturated rings. The van der Waals surface area contributed by atoms with Crippen LogP contribution in [0.15, 0.2) is 24.3 Å². The van der Waals surface area contributed by atoms with Gasteiger partial charge in [-0.2, -0.15) is 0 Å². The van der Waals surface area contributed by atoms with Crippen LogP contribution >= 0.6 is 23.1 Å². The molecule has 1 aliphatic rings. The molecule has 3 rings (SSSR count). The highest BCUT2D eigenvalue weighted by Gasteiger charge is 2.15. The lowest BCUT2D eigenvalue weighted by Gasteiger charge is -2.22. The van der Waals surface area contributed by atoms with Crippen LogP contribution in [-0.4, -0.2) is 22.7 Å². The fraction of sp³-hybridized carbons (Fsp3) is 0.500. The van der Waals surface area contributed by atoms with Crippen LogP contribution in [-0.2, 0) is 10.5 Å². The maximum Gasteiger partial charge on any atom is 0.230 e. The monoisotopic (exact) mass is 320 g/mol. The molecule has 21 heavy (non-hydrogen) atoms. The fourth-order valence-electron chi connectivity index (χ4n) is 2.73. The largest absolute Gasteiger partial charge is 0.353 e. The van der Waals surface area contributed by atoms with Crippen LogP contribution < -0.4 is 5.32 Å². The number of nitrogens with zero attached hydrogens (tertiary/aromatic N) is 1. The van der Waals surface area contributed by atoms with E-state index in [1.165, 1.54) is 24.0 Å². The van der Waals surface area contributed by atoms with Crippen LogP contribution in [0.4, 0.5) is 0 Å². The van der Waals surface area contributed by atoms with Crippen molar-refractivity contribution < 1.29 is 4.79 Å². The van der Waals surface area contributed by atoms with Gasteiger partial charge in [0.2, 0.25) is 5.91 Å². The molecule has 0 bridgehead atoms. The Balaban J connectivity index is 1.43. The summed E-state index contributed by atoms with van der Waals surface area (Å²) in [7, 11) is 0. The number of hydrogen-bond acceptors (Lipinski definition) is 4. The van der Waals surface area contributed by atoms with Crippen molar-refractivity contribution in [1.82, 2.24) is 10.3 Å². The highest BCUT2D eigenvalue weighted by Crippen LogP contribution is 2.24. The molecule has 1 aromatic carbocycles. The van der Waals surface area contributed by atoms with E-state index in [0.717, 1.165) is 29.1 Å². The Morgan fingerprint density at radius 2 is 2.10 bits per heavy atom. The van der Waals surface area contributed by atoms with E-state index in [1.54, 1.807) is 23.1 Å². The summed E-state index contributed by atoms with van der Waals surface area (Å²) in [4.78, 5) is 16.5. The Bertz CT molecular complexity index is 572. The Morgan fingerprint density at radius 1 is 1.29 bits per heavy atom. The summed E-state index contributed by atoms with van der Waals surface area (Å²) < 4.78 is 1.22. The maximum atomic E-state index is 11.9. The summed E-state index contributed by atoms with van der Waals surface area (Å²) in [6.45, 7) is 0. The first-order valence-electron chi connectivity index (χ1n) is 7.53. The highest BCUT2D eigenvalue weighted by molar-refractivity contribution is 7.99. The molecule has 3 nitrogen and oxygen atoms in total. The van der Waals surface area contributed by atoms with Crippen molar-refractivity contribution in [2.75, 3.05) is 5.75 Å². The summed E-state index contributed by atoms with van der Waals surface area (Å²) in [5.41, 5.74) is 1.06. The molecule has 0 radical (unpaired) electrons. The number of thiazole rings is 1. The van der Waals surface area contributed by atoms with E-state index in [2.05, 4.69) is 16.4 Å². The molecule has 1 amide bonds. The number of hydrogen-bond donors (Lipinski definition) is 1. The van der Waals surface area contributed by atoms with Gasteiger partial charge in [-0.25, -0.2) is 4.98 Å². The van der Waals surface area contributed by atoms with E-state index < -0.39 is 0 Å². The normalized spacial score (nSPS) is 16.2. The zero-order chi connectivity index (χ0) is 14.5. The van der Waals surface area contributed by atoms with E-state index in [0.29, 0.717) is 11.8 Å². The molecular weight excluding hydrogens is 300 g/mol. The van der Waals surface area contributed by atoms with Gasteiger partial charge in [-0.1, -0.05) is 31.4 Å². The number of para-hydroxylation sites is 1. The molecule has 0 unspecified atom stereocenters. The SMILES string of the molecule is O=C(CSCc1nc2ccccc2s1)NC1CCCCC1. The minimum atomic E-state index is 0.174. The van der Waals surface area contributed by atoms with Crippen molar-refractivity contribution in [2.24, 2.45) is 0 Å². The maximum absolute atomic E-state index is 11.9. The van der Waals surface area contributed by atoms with Gasteiger partial charge < -0.3 is 5.32 Å². The Hall–Kier alpha value is -1.07. The number of fused-ring (bicyclic) bond motifs is 1. The van der Waals surface area contributed by atoms with Crippen LogP contribution in [0.1, 0.15) is 37.1 Å². The van der Waals surface area contributed by atoms with Gasteiger partial charge in [-0.3, -0.25) is 4.79 Å². The quantitative estimate of drug-likeness (QED) is 0.906. The van der Waals surface area contributed by atoms with Crippen molar-refractivity contribution in [3.63, 3.8) is 0 Å². The van der Waals surface area contributed by atoms with Gasteiger partial charge in [0, 0.05) is 11.8 Å². The zero-order valence-electron chi connectivity index (χ0n) is 12.0. The molecule has 0 aliphatic heterocycles. The molecule has 5 heteroatoms. The average molecular weight is 320 g/mol. The van der Waals surface area contributed by atoms with Gasteiger partial charge in [-0.15, -0.1) is 23.1 Å². The van der Waals surface area contributed by atoms with Crippen molar-refractivity contribution in [2.45, 2.75) is 43.9 Å². The summed E-state index contributed by atoms with van der Waals surface area (Å²) in [6.07, 6.45) is 6.12. The van der Waals surface area contributed by atoms with Crippen LogP contribution in [0.25, 0.3) is 10.2 Å². The van der Waals surface area contributed by atoms with Gasteiger partial charge in [0.1, 0.15) is 5.01 Å². The first kappa shape index (κ1) is 14.9. The molecule has 1 saturated carbocycles. The first-order chi connectivity index (χ1) is 10.3. The van der Waals surface area contributed by atoms with Gasteiger partial charge in [0.25, 0.3) is 0 Å². The Morgan fingerprint density at radius 3 is 2.90 bits per heavy atom. The number of rotatable bonds is 5. The number of benzene rings is 1. The molecule has 1 N–H and O–H groups in total. The number of amides is 1. The van der Waals surface area contributed by atoms with Gasteiger partial charge >= 0.3 is 0 Å². The summed E-state index contributed by atoms with van der Waals surface area (Å²) in [5.74, 6) is 1.53. The second-order valence-electron chi connectivity index (χ2n) is 5.47. The third-order valence-corrected chi connectivity index (χ3v) is 5.93. The molecule has 1 aliphatic carbocycles. The van der Waals surface area contributed by atoms with E-state index >= 15 is 0 Å². The lowest BCUT2D eigenvalue weighted by Crippen LogP contribution is -2.37. The predicted molar refractivity (Wildman–Crippen MR) is 90.8 cm³/mol. The van der Waals surface area contributed by atoms with Crippen molar-refractivity contribution in [3.8, 4) is 0 Å². The zero-order valence-corrected chi connectivity index (χ0v) is 13.6. The molecule has 1 heterocycles. The fourth-order valence-corrected chi connectivity index (χ4v) is 4.59. The van der Waals surface area contributed by atoms with Crippen LogP contribution in [0.3, 0.4) is 0 Å². The summed E-state index contributed by atoms with van der Waals surface area (Å²) in [6, 6.07) is 8.59. The minimum absolute atomic E-state index is 0.174. The Labute approximate surface area is 133 Å². The number of carbonyl (C=O) groups is 1. The van der Waals surface area contributed by atoms with Crippen LogP contribution in [0.2, 0.25) is 0 Å². The van der Waals surface area contributed by atoms with Gasteiger partial charge in [0.05, 0.1) is 16.0 Å². The second kappa shape index (κ2) is 7.27. The lowest BCUT2D eigenvalue weighted by atomic mass is 9.95. The summed E-state index contributed by atoms with van der Waals surface area (Å²) in [5, 5.41) is 4.26. The lowest BCUT2D eigenvalue weighted by molar-refractivity contribution is -0.119. The predicted octanol–water partition coefficient (Wildman–Crippen LogP) is 3.98. The molecule has 112 valence electrons. The molecule has 1 aromatic heterocycles. The molecule has 0 saturated heterocycles. The van der Waals surface area contributed by atoms with Crippen LogP contribution in [0.5, 0.6) is 0 Å². The molecule has 0 atom stereocenters. The third kappa shape index (κ3) is 4.20. The number of aromatic nitrogens is 1. The topological polar surface area (TPSA) is 42.0 Å². The molecule has 0 spiro atoms. The second-order valence-corrected chi connectivity index (χ2v) is 7.57. The van der Waals surface area contributed by atoms with E-state index in [1.807, 2.05) is 18.2 Å². The first-order valence-corrected chi connectivity index (χ1v) is 9.50. The average Bonchev–Trinajstić information content (AvgIpc) is 2.91. The van der Waals surface area contributed by atoms with Crippen molar-refractivity contribution in [1.29, 1.82) is 0 Å². The van der Waals surface area contributed by atoms with E-state index in [9.17, 15) is 4.79 Å². The summed E-state index contributed by atoms with van der Waals surface area (Å²) >= 11 is 3.38. The van der Waals surface area contributed by atoms with E-state index in [4.69, 9.17) is 0 Å². The molecular formula is C16H20N2OS2. The Kier molecular flexibility index (Phi) is 5.14. The molecule has 2 aromatic rings. The number of nitrogens with one attached hydrogen (secondary N) is 1. The minimum Gasteiger partial charge on any atom is -0.353 e. The smallest absolute Gasteiger partial charge is 0.230 e. The van der Waals surface area contributed by atoms with E-state index in [-0.39, 0.29) is 5.91 Å². The highest BCUT2D eigenvalue weighted by atomic mass is 32.2.